The van der Waals surface area contributed by atoms with E-state index in [0.717, 1.165) is 16.7 Å². The van der Waals surface area contributed by atoms with E-state index in [1.165, 1.54) is 0 Å². The summed E-state index contributed by atoms with van der Waals surface area (Å²) in [5.41, 5.74) is 3.03. The van der Waals surface area contributed by atoms with Crippen LogP contribution in [0, 0.1) is 0 Å². The molecule has 0 saturated carbocycles. The third-order valence-electron chi connectivity index (χ3n) is 4.32. The first-order valence-electron chi connectivity index (χ1n) is 7.73. The first-order valence-corrected chi connectivity index (χ1v) is 7.73. The summed E-state index contributed by atoms with van der Waals surface area (Å²) in [7, 11) is 0. The second kappa shape index (κ2) is 5.30. The number of nitrogens with zero attached hydrogens (tertiary/aromatic N) is 1. The van der Waals surface area contributed by atoms with Crippen molar-refractivity contribution in [3.05, 3.63) is 64.7 Å². The van der Waals surface area contributed by atoms with Crippen molar-refractivity contribution in [2.45, 2.75) is 26.2 Å². The van der Waals surface area contributed by atoms with Gasteiger partial charge in [0.2, 0.25) is 5.78 Å². The molecule has 1 atom stereocenters. The molecular weight excluding hydrogens is 306 g/mol. The molecule has 0 bridgehead atoms. The Hall–Kier alpha value is -2.95. The van der Waals surface area contributed by atoms with Crippen LogP contribution in [0.4, 0.5) is 0 Å². The smallest absolute Gasteiger partial charge is 0.312 e. The zero-order chi connectivity index (χ0) is 16.8. The zero-order valence-electron chi connectivity index (χ0n) is 13.3. The fourth-order valence-electron chi connectivity index (χ4n) is 3.20. The van der Waals surface area contributed by atoms with E-state index in [1.807, 2.05) is 26.0 Å². The third kappa shape index (κ3) is 2.12. The Morgan fingerprint density at radius 2 is 1.83 bits per heavy atom. The number of rotatable bonds is 1. The maximum atomic E-state index is 12.5. The summed E-state index contributed by atoms with van der Waals surface area (Å²) >= 11 is 0. The maximum absolute atomic E-state index is 12.5. The molecule has 24 heavy (non-hydrogen) atoms. The molecule has 0 radical (unpaired) electrons. The SMILES string of the molecule is CC(C)=C1Oc2c(ccc3c2C(c2ccncc2)CC(=O)O3)C1=O. The van der Waals surface area contributed by atoms with Gasteiger partial charge in [0.15, 0.2) is 5.76 Å². The summed E-state index contributed by atoms with van der Waals surface area (Å²) in [4.78, 5) is 28.5. The van der Waals surface area contributed by atoms with Crippen LogP contribution in [-0.2, 0) is 4.79 Å². The highest BCUT2D eigenvalue weighted by molar-refractivity contribution is 6.13. The Kier molecular flexibility index (Phi) is 3.23. The van der Waals surface area contributed by atoms with Crippen molar-refractivity contribution in [1.82, 2.24) is 4.98 Å². The number of carbonyl (C=O) groups is 2. The number of ether oxygens (including phenoxy) is 2. The fraction of sp³-hybridized carbons (Fsp3) is 0.211. The predicted molar refractivity (Wildman–Crippen MR) is 86.1 cm³/mol. The highest BCUT2D eigenvalue weighted by Gasteiger charge is 2.38. The molecule has 0 aliphatic carbocycles. The van der Waals surface area contributed by atoms with E-state index in [9.17, 15) is 9.59 Å². The van der Waals surface area contributed by atoms with E-state index in [-0.39, 0.29) is 24.1 Å². The van der Waals surface area contributed by atoms with Crippen LogP contribution in [0.2, 0.25) is 0 Å². The van der Waals surface area contributed by atoms with Gasteiger partial charge in [0.05, 0.1) is 12.0 Å². The second-order valence-electron chi connectivity index (χ2n) is 6.13. The zero-order valence-corrected chi connectivity index (χ0v) is 13.3. The van der Waals surface area contributed by atoms with E-state index in [2.05, 4.69) is 4.98 Å². The number of carbonyl (C=O) groups excluding carboxylic acids is 2. The van der Waals surface area contributed by atoms with Gasteiger partial charge in [-0.15, -0.1) is 0 Å². The second-order valence-corrected chi connectivity index (χ2v) is 6.13. The van der Waals surface area contributed by atoms with Gasteiger partial charge >= 0.3 is 5.97 Å². The van der Waals surface area contributed by atoms with E-state index in [1.54, 1.807) is 24.5 Å². The lowest BCUT2D eigenvalue weighted by Gasteiger charge is -2.26. The van der Waals surface area contributed by atoms with E-state index in [0.29, 0.717) is 22.8 Å². The van der Waals surface area contributed by atoms with Gasteiger partial charge in [0.1, 0.15) is 11.5 Å². The van der Waals surface area contributed by atoms with Crippen molar-refractivity contribution in [3.63, 3.8) is 0 Å². The van der Waals surface area contributed by atoms with E-state index in [4.69, 9.17) is 9.47 Å². The molecule has 4 rings (SSSR count). The van der Waals surface area contributed by atoms with Crippen molar-refractivity contribution < 1.29 is 19.1 Å². The Balaban J connectivity index is 1.93. The largest absolute Gasteiger partial charge is 0.452 e. The maximum Gasteiger partial charge on any atom is 0.312 e. The van der Waals surface area contributed by atoms with Crippen LogP contribution >= 0.6 is 0 Å². The standard InChI is InChI=1S/C19H15NO4/c1-10(2)18-17(22)12-3-4-14-16(19(12)24-18)13(9-15(21)23-14)11-5-7-20-8-6-11/h3-8,13H,9H2,1-2H3. The normalized spacial score (nSPS) is 18.6. The number of Topliss-reactive ketones (excluding diaryl/α,β-unsaturated/α-hetero) is 1. The Bertz CT molecular complexity index is 895. The first kappa shape index (κ1) is 14.6. The van der Waals surface area contributed by atoms with Gasteiger partial charge in [-0.2, -0.15) is 0 Å². The minimum absolute atomic E-state index is 0.127. The molecular formula is C19H15NO4. The molecule has 2 aliphatic rings. The van der Waals surface area contributed by atoms with Crippen LogP contribution in [0.1, 0.15) is 47.7 Å². The van der Waals surface area contributed by atoms with Crippen LogP contribution in [0.3, 0.4) is 0 Å². The van der Waals surface area contributed by atoms with Crippen LogP contribution in [0.15, 0.2) is 48.0 Å². The number of pyridine rings is 1. The van der Waals surface area contributed by atoms with Crippen LogP contribution in [0.25, 0.3) is 0 Å². The lowest BCUT2D eigenvalue weighted by molar-refractivity contribution is -0.135. The highest BCUT2D eigenvalue weighted by Crippen LogP contribution is 2.48. The molecule has 3 heterocycles. The number of hydrogen-bond acceptors (Lipinski definition) is 5. The van der Waals surface area contributed by atoms with Crippen LogP contribution < -0.4 is 9.47 Å². The Labute approximate surface area is 138 Å². The van der Waals surface area contributed by atoms with E-state index >= 15 is 0 Å². The fourth-order valence-corrected chi connectivity index (χ4v) is 3.20. The molecule has 0 spiro atoms. The molecule has 0 N–H and O–H groups in total. The lowest BCUT2D eigenvalue weighted by Crippen LogP contribution is -2.21. The molecule has 2 aliphatic heterocycles. The van der Waals surface area contributed by atoms with Crippen molar-refractivity contribution in [3.8, 4) is 11.5 Å². The summed E-state index contributed by atoms with van der Waals surface area (Å²) in [5.74, 6) is 0.666. The molecule has 5 nitrogen and oxygen atoms in total. The van der Waals surface area contributed by atoms with Crippen molar-refractivity contribution in [2.75, 3.05) is 0 Å². The Morgan fingerprint density at radius 3 is 2.54 bits per heavy atom. The van der Waals surface area contributed by atoms with Gasteiger partial charge in [-0.1, -0.05) is 0 Å². The van der Waals surface area contributed by atoms with Gasteiger partial charge in [-0.25, -0.2) is 0 Å². The molecule has 5 heteroatoms. The molecule has 0 saturated heterocycles. The number of ketones is 1. The van der Waals surface area contributed by atoms with Crippen LogP contribution in [0.5, 0.6) is 11.5 Å². The van der Waals surface area contributed by atoms with Gasteiger partial charge in [0.25, 0.3) is 0 Å². The minimum Gasteiger partial charge on any atom is -0.452 e. The molecule has 1 aromatic heterocycles. The molecule has 2 aromatic rings. The summed E-state index contributed by atoms with van der Waals surface area (Å²) in [6.07, 6.45) is 3.58. The summed E-state index contributed by atoms with van der Waals surface area (Å²) < 4.78 is 11.3. The third-order valence-corrected chi connectivity index (χ3v) is 4.32. The lowest BCUT2D eigenvalue weighted by atomic mass is 9.85. The molecule has 1 aromatic carbocycles. The quantitative estimate of drug-likeness (QED) is 0.457. The van der Waals surface area contributed by atoms with Gasteiger partial charge < -0.3 is 9.47 Å². The number of fused-ring (bicyclic) bond motifs is 3. The number of hydrogen-bond donors (Lipinski definition) is 0. The van der Waals surface area contributed by atoms with Crippen LogP contribution in [-0.4, -0.2) is 16.7 Å². The van der Waals surface area contributed by atoms with Gasteiger partial charge in [-0.3, -0.25) is 14.6 Å². The number of esters is 1. The van der Waals surface area contributed by atoms with Gasteiger partial charge in [-0.05, 0) is 49.2 Å². The molecule has 0 amide bonds. The average molecular weight is 321 g/mol. The topological polar surface area (TPSA) is 65.5 Å². The monoisotopic (exact) mass is 321 g/mol. The Morgan fingerprint density at radius 1 is 1.08 bits per heavy atom. The summed E-state index contributed by atoms with van der Waals surface area (Å²) in [5, 5.41) is 0. The predicted octanol–water partition coefficient (Wildman–Crippen LogP) is 3.39. The summed E-state index contributed by atoms with van der Waals surface area (Å²) in [6.45, 7) is 3.68. The van der Waals surface area contributed by atoms with Gasteiger partial charge in [0, 0.05) is 23.9 Å². The molecule has 0 fully saturated rings. The number of aromatic nitrogens is 1. The first-order chi connectivity index (χ1) is 11.6. The van der Waals surface area contributed by atoms with Crippen molar-refractivity contribution in [1.29, 1.82) is 0 Å². The minimum atomic E-state index is -0.295. The highest BCUT2D eigenvalue weighted by atomic mass is 16.5. The summed E-state index contributed by atoms with van der Waals surface area (Å²) in [6, 6.07) is 7.07. The molecule has 1 unspecified atom stereocenters. The number of allylic oxidation sites excluding steroid dienone is 2. The van der Waals surface area contributed by atoms with E-state index < -0.39 is 0 Å². The van der Waals surface area contributed by atoms with Crippen molar-refractivity contribution in [2.24, 2.45) is 0 Å². The average Bonchev–Trinajstić information content (AvgIpc) is 2.92. The molecule has 120 valence electrons. The van der Waals surface area contributed by atoms with Crippen molar-refractivity contribution >= 4 is 11.8 Å². The number of benzene rings is 1.